The molecule has 1 aromatic carbocycles. The van der Waals surface area contributed by atoms with E-state index < -0.39 is 11.7 Å². The Kier molecular flexibility index (Phi) is 5.59. The number of halogens is 3. The van der Waals surface area contributed by atoms with E-state index in [1.165, 1.54) is 12.1 Å². The Balaban J connectivity index is 2.71. The molecule has 1 unspecified atom stereocenters. The molecule has 0 aromatic heterocycles. The number of alkyl halides is 3. The van der Waals surface area contributed by atoms with Gasteiger partial charge in [-0.3, -0.25) is 0 Å². The first-order chi connectivity index (χ1) is 9.18. The Morgan fingerprint density at radius 2 is 1.70 bits per heavy atom. The van der Waals surface area contributed by atoms with Crippen LogP contribution in [0.25, 0.3) is 0 Å². The van der Waals surface area contributed by atoms with Crippen LogP contribution in [-0.2, 0) is 17.3 Å². The summed E-state index contributed by atoms with van der Waals surface area (Å²) in [4.78, 5) is 0. The standard InChI is InChI=1S/C15H22F3NO/c1-14(2,20-4)10-13(19-3)9-11-5-7-12(8-6-11)15(16,17)18/h5-8,13,19H,9-10H2,1-4H3. The molecule has 114 valence electrons. The average molecular weight is 289 g/mol. The third-order valence-corrected chi connectivity index (χ3v) is 3.46. The van der Waals surface area contributed by atoms with Crippen LogP contribution in [0.4, 0.5) is 13.2 Å². The molecule has 0 aliphatic rings. The maximum absolute atomic E-state index is 12.5. The smallest absolute Gasteiger partial charge is 0.379 e. The van der Waals surface area contributed by atoms with Gasteiger partial charge < -0.3 is 10.1 Å². The van der Waals surface area contributed by atoms with E-state index in [-0.39, 0.29) is 11.6 Å². The number of hydrogen-bond donors (Lipinski definition) is 1. The highest BCUT2D eigenvalue weighted by Gasteiger charge is 2.30. The van der Waals surface area contributed by atoms with Gasteiger partial charge in [0.2, 0.25) is 0 Å². The van der Waals surface area contributed by atoms with Gasteiger partial charge in [-0.25, -0.2) is 0 Å². The summed E-state index contributed by atoms with van der Waals surface area (Å²) in [7, 11) is 3.51. The van der Waals surface area contributed by atoms with E-state index in [2.05, 4.69) is 5.32 Å². The maximum Gasteiger partial charge on any atom is 0.416 e. The summed E-state index contributed by atoms with van der Waals surface area (Å²) in [6, 6.07) is 5.48. The predicted octanol–water partition coefficient (Wildman–Crippen LogP) is 3.65. The van der Waals surface area contributed by atoms with Crippen LogP contribution in [0.3, 0.4) is 0 Å². The summed E-state index contributed by atoms with van der Waals surface area (Å²) in [5, 5.41) is 3.18. The lowest BCUT2D eigenvalue weighted by Gasteiger charge is -2.28. The zero-order valence-electron chi connectivity index (χ0n) is 12.3. The average Bonchev–Trinajstić information content (AvgIpc) is 2.37. The van der Waals surface area contributed by atoms with Gasteiger partial charge in [0.25, 0.3) is 0 Å². The van der Waals surface area contributed by atoms with Crippen molar-refractivity contribution in [3.05, 3.63) is 35.4 Å². The molecule has 0 bridgehead atoms. The van der Waals surface area contributed by atoms with Crippen LogP contribution in [0.5, 0.6) is 0 Å². The first kappa shape index (κ1) is 17.0. The molecule has 0 amide bonds. The molecule has 0 saturated carbocycles. The SMILES string of the molecule is CNC(Cc1ccc(C(F)(F)F)cc1)CC(C)(C)OC. The molecule has 0 spiro atoms. The first-order valence-electron chi connectivity index (χ1n) is 6.56. The lowest BCUT2D eigenvalue weighted by atomic mass is 9.94. The highest BCUT2D eigenvalue weighted by Crippen LogP contribution is 2.29. The second-order valence-electron chi connectivity index (χ2n) is 5.55. The summed E-state index contributed by atoms with van der Waals surface area (Å²) in [5.41, 5.74) is 0.00305. The van der Waals surface area contributed by atoms with E-state index in [0.717, 1.165) is 24.1 Å². The fourth-order valence-corrected chi connectivity index (χ4v) is 2.07. The summed E-state index contributed by atoms with van der Waals surface area (Å²) < 4.78 is 42.8. The Labute approximate surface area is 118 Å². The van der Waals surface area contributed by atoms with Gasteiger partial charge in [0, 0.05) is 13.2 Å². The molecule has 0 fully saturated rings. The van der Waals surface area contributed by atoms with Crippen molar-refractivity contribution in [2.24, 2.45) is 0 Å². The Morgan fingerprint density at radius 3 is 2.10 bits per heavy atom. The van der Waals surface area contributed by atoms with Crippen molar-refractivity contribution in [1.29, 1.82) is 0 Å². The second kappa shape index (κ2) is 6.59. The molecule has 1 N–H and O–H groups in total. The molecule has 1 rings (SSSR count). The summed E-state index contributed by atoms with van der Waals surface area (Å²) in [6.45, 7) is 3.98. The minimum Gasteiger partial charge on any atom is -0.379 e. The Hall–Kier alpha value is -1.07. The van der Waals surface area contributed by atoms with E-state index in [0.29, 0.717) is 6.42 Å². The number of nitrogens with one attached hydrogen (secondary N) is 1. The highest BCUT2D eigenvalue weighted by atomic mass is 19.4. The molecule has 1 aromatic rings. The summed E-state index contributed by atoms with van der Waals surface area (Å²) in [5.74, 6) is 0. The predicted molar refractivity (Wildman–Crippen MR) is 73.7 cm³/mol. The van der Waals surface area contributed by atoms with Gasteiger partial charge in [-0.2, -0.15) is 13.2 Å². The number of ether oxygens (including phenoxy) is 1. The minimum absolute atomic E-state index is 0.154. The lowest BCUT2D eigenvalue weighted by Crippen LogP contribution is -2.37. The minimum atomic E-state index is -4.28. The van der Waals surface area contributed by atoms with Gasteiger partial charge in [0.15, 0.2) is 0 Å². The monoisotopic (exact) mass is 289 g/mol. The number of rotatable bonds is 6. The first-order valence-corrected chi connectivity index (χ1v) is 6.56. The third-order valence-electron chi connectivity index (χ3n) is 3.46. The molecule has 0 radical (unpaired) electrons. The zero-order chi connectivity index (χ0) is 15.4. The third kappa shape index (κ3) is 5.13. The molecule has 0 aliphatic carbocycles. The molecule has 20 heavy (non-hydrogen) atoms. The summed E-state index contributed by atoms with van der Waals surface area (Å²) in [6.07, 6.45) is -2.83. The lowest BCUT2D eigenvalue weighted by molar-refractivity contribution is -0.137. The quantitative estimate of drug-likeness (QED) is 0.863. The van der Waals surface area contributed by atoms with Gasteiger partial charge in [-0.1, -0.05) is 12.1 Å². The van der Waals surface area contributed by atoms with Gasteiger partial charge in [-0.15, -0.1) is 0 Å². The largest absolute Gasteiger partial charge is 0.416 e. The van der Waals surface area contributed by atoms with Crippen molar-refractivity contribution in [2.75, 3.05) is 14.2 Å². The second-order valence-corrected chi connectivity index (χ2v) is 5.55. The topological polar surface area (TPSA) is 21.3 Å². The summed E-state index contributed by atoms with van der Waals surface area (Å²) >= 11 is 0. The van der Waals surface area contributed by atoms with Crippen molar-refractivity contribution in [3.63, 3.8) is 0 Å². The highest BCUT2D eigenvalue weighted by molar-refractivity contribution is 5.25. The Morgan fingerprint density at radius 1 is 1.15 bits per heavy atom. The molecule has 2 nitrogen and oxygen atoms in total. The van der Waals surface area contributed by atoms with Gasteiger partial charge in [0.1, 0.15) is 0 Å². The van der Waals surface area contributed by atoms with Crippen LogP contribution in [-0.4, -0.2) is 25.8 Å². The number of likely N-dealkylation sites (N-methyl/N-ethyl adjacent to an activating group) is 1. The van der Waals surface area contributed by atoms with E-state index in [4.69, 9.17) is 4.74 Å². The molecule has 0 saturated heterocycles. The molecule has 0 aliphatic heterocycles. The van der Waals surface area contributed by atoms with Crippen LogP contribution in [0.1, 0.15) is 31.4 Å². The van der Waals surface area contributed by atoms with E-state index in [1.807, 2.05) is 20.9 Å². The number of benzene rings is 1. The normalized spacial score (nSPS) is 14.3. The van der Waals surface area contributed by atoms with Gasteiger partial charge >= 0.3 is 6.18 Å². The number of hydrogen-bond acceptors (Lipinski definition) is 2. The maximum atomic E-state index is 12.5. The van der Waals surface area contributed by atoms with Crippen molar-refractivity contribution in [3.8, 4) is 0 Å². The molecule has 5 heteroatoms. The van der Waals surface area contributed by atoms with Crippen LogP contribution >= 0.6 is 0 Å². The van der Waals surface area contributed by atoms with E-state index in [1.54, 1.807) is 7.11 Å². The van der Waals surface area contributed by atoms with Crippen molar-refractivity contribution >= 4 is 0 Å². The zero-order valence-corrected chi connectivity index (χ0v) is 12.3. The Bertz CT molecular complexity index is 412. The van der Waals surface area contributed by atoms with Crippen LogP contribution in [0.2, 0.25) is 0 Å². The number of methoxy groups -OCH3 is 1. The molecular weight excluding hydrogens is 267 g/mol. The van der Waals surface area contributed by atoms with Crippen molar-refractivity contribution in [1.82, 2.24) is 5.32 Å². The fraction of sp³-hybridized carbons (Fsp3) is 0.600. The van der Waals surface area contributed by atoms with E-state index >= 15 is 0 Å². The van der Waals surface area contributed by atoms with Gasteiger partial charge in [-0.05, 0) is 51.4 Å². The fourth-order valence-electron chi connectivity index (χ4n) is 2.07. The van der Waals surface area contributed by atoms with Crippen LogP contribution in [0, 0.1) is 0 Å². The van der Waals surface area contributed by atoms with Crippen molar-refractivity contribution < 1.29 is 17.9 Å². The van der Waals surface area contributed by atoms with Crippen LogP contribution in [0.15, 0.2) is 24.3 Å². The van der Waals surface area contributed by atoms with E-state index in [9.17, 15) is 13.2 Å². The molecule has 0 heterocycles. The molecule has 1 atom stereocenters. The van der Waals surface area contributed by atoms with Crippen molar-refractivity contribution in [2.45, 2.75) is 44.5 Å². The molecular formula is C15H22F3NO. The van der Waals surface area contributed by atoms with Crippen LogP contribution < -0.4 is 5.32 Å². The van der Waals surface area contributed by atoms with Gasteiger partial charge in [0.05, 0.1) is 11.2 Å².